The Bertz CT molecular complexity index is 226. The molecule has 1 saturated carbocycles. The molecule has 0 unspecified atom stereocenters. The van der Waals surface area contributed by atoms with Crippen LogP contribution in [0.15, 0.2) is 0 Å². The fraction of sp³-hybridized carbons (Fsp3) is 1.00. The maximum atomic E-state index is 12.3. The topological polar surface area (TPSA) is 35.5 Å². The highest BCUT2D eigenvalue weighted by atomic mass is 31.2. The van der Waals surface area contributed by atoms with E-state index in [-0.39, 0.29) is 5.41 Å². The average molecular weight is 234 g/mol. The summed E-state index contributed by atoms with van der Waals surface area (Å²) in [7, 11) is -2.81. The van der Waals surface area contributed by atoms with Gasteiger partial charge in [0.05, 0.1) is 19.4 Å². The Morgan fingerprint density at radius 3 is 2.00 bits per heavy atom. The molecule has 0 N–H and O–H groups in total. The van der Waals surface area contributed by atoms with Gasteiger partial charge in [0, 0.05) is 0 Å². The average Bonchev–Trinajstić information content (AvgIpc) is 2.85. The molecular weight excluding hydrogens is 211 g/mol. The second-order valence-corrected chi connectivity index (χ2v) is 6.41. The van der Waals surface area contributed by atoms with Crippen molar-refractivity contribution >= 4 is 7.60 Å². The lowest BCUT2D eigenvalue weighted by Gasteiger charge is -2.22. The van der Waals surface area contributed by atoms with Crippen molar-refractivity contribution in [3.05, 3.63) is 0 Å². The first-order valence-corrected chi connectivity index (χ1v) is 7.70. The summed E-state index contributed by atoms with van der Waals surface area (Å²) in [4.78, 5) is 0. The van der Waals surface area contributed by atoms with Gasteiger partial charge in [-0.3, -0.25) is 4.57 Å². The minimum absolute atomic E-state index is 0.272. The van der Waals surface area contributed by atoms with Crippen molar-refractivity contribution in [3.8, 4) is 0 Å². The summed E-state index contributed by atoms with van der Waals surface area (Å²) < 4.78 is 23.0. The van der Waals surface area contributed by atoms with Gasteiger partial charge in [-0.25, -0.2) is 0 Å². The van der Waals surface area contributed by atoms with Gasteiger partial charge in [-0.05, 0) is 38.5 Å². The molecule has 0 amide bonds. The smallest absolute Gasteiger partial charge is 0.309 e. The van der Waals surface area contributed by atoms with Crippen LogP contribution in [0.3, 0.4) is 0 Å². The van der Waals surface area contributed by atoms with Crippen molar-refractivity contribution in [2.75, 3.05) is 19.4 Å². The molecule has 4 heteroatoms. The predicted molar refractivity (Wildman–Crippen MR) is 62.3 cm³/mol. The van der Waals surface area contributed by atoms with Crippen LogP contribution in [0.25, 0.3) is 0 Å². The molecule has 0 aliphatic heterocycles. The van der Waals surface area contributed by atoms with E-state index in [9.17, 15) is 4.57 Å². The Hall–Kier alpha value is 0.150. The number of hydrogen-bond donors (Lipinski definition) is 0. The van der Waals surface area contributed by atoms with E-state index in [4.69, 9.17) is 9.05 Å². The van der Waals surface area contributed by atoms with Gasteiger partial charge in [-0.2, -0.15) is 0 Å². The first-order valence-electron chi connectivity index (χ1n) is 5.98. The Balaban J connectivity index is 2.54. The summed E-state index contributed by atoms with van der Waals surface area (Å²) in [5.74, 6) is 0. The van der Waals surface area contributed by atoms with E-state index >= 15 is 0 Å². The highest BCUT2D eigenvalue weighted by Crippen LogP contribution is 2.62. The molecule has 0 spiro atoms. The standard InChI is InChI=1S/C11H23O3P/c1-4-7-11(8-9-11)10-15(12,13-5-2)14-6-3/h4-10H2,1-3H3. The highest BCUT2D eigenvalue weighted by Gasteiger charge is 2.47. The second kappa shape index (κ2) is 5.47. The Kier molecular flexibility index (Phi) is 4.82. The molecule has 90 valence electrons. The lowest BCUT2D eigenvalue weighted by molar-refractivity contribution is 0.213. The van der Waals surface area contributed by atoms with Gasteiger partial charge in [0.1, 0.15) is 0 Å². The molecule has 0 heterocycles. The van der Waals surface area contributed by atoms with Crippen LogP contribution < -0.4 is 0 Å². The molecule has 0 bridgehead atoms. The summed E-state index contributed by atoms with van der Waals surface area (Å²) in [6.45, 7) is 6.85. The maximum Gasteiger partial charge on any atom is 0.331 e. The van der Waals surface area contributed by atoms with E-state index in [0.29, 0.717) is 19.4 Å². The summed E-state index contributed by atoms with van der Waals surface area (Å²) in [5.41, 5.74) is 0.272. The van der Waals surface area contributed by atoms with Gasteiger partial charge in [0.25, 0.3) is 0 Å². The zero-order valence-corrected chi connectivity index (χ0v) is 11.0. The molecule has 1 aliphatic rings. The Morgan fingerprint density at radius 2 is 1.67 bits per heavy atom. The van der Waals surface area contributed by atoms with E-state index in [0.717, 1.165) is 12.8 Å². The first kappa shape index (κ1) is 13.2. The van der Waals surface area contributed by atoms with Gasteiger partial charge in [-0.15, -0.1) is 0 Å². The van der Waals surface area contributed by atoms with Crippen LogP contribution in [0.4, 0.5) is 0 Å². The Labute approximate surface area is 93.1 Å². The van der Waals surface area contributed by atoms with Crippen molar-refractivity contribution in [1.82, 2.24) is 0 Å². The molecule has 0 aromatic rings. The van der Waals surface area contributed by atoms with Crippen molar-refractivity contribution in [1.29, 1.82) is 0 Å². The normalized spacial score (nSPS) is 19.1. The van der Waals surface area contributed by atoms with Gasteiger partial charge < -0.3 is 9.05 Å². The van der Waals surface area contributed by atoms with Crippen LogP contribution in [-0.2, 0) is 13.6 Å². The lowest BCUT2D eigenvalue weighted by atomic mass is 10.0. The largest absolute Gasteiger partial charge is 0.331 e. The molecule has 0 aromatic carbocycles. The van der Waals surface area contributed by atoms with Crippen LogP contribution in [-0.4, -0.2) is 19.4 Å². The SMILES string of the molecule is CCCC1(CP(=O)(OCC)OCC)CC1. The predicted octanol–water partition coefficient (Wildman–Crippen LogP) is 3.83. The molecule has 1 aliphatic carbocycles. The third-order valence-electron chi connectivity index (χ3n) is 2.92. The third-order valence-corrected chi connectivity index (χ3v) is 5.28. The van der Waals surface area contributed by atoms with Gasteiger partial charge in [-0.1, -0.05) is 13.3 Å². The number of hydrogen-bond acceptors (Lipinski definition) is 3. The summed E-state index contributed by atoms with van der Waals surface area (Å²) in [5, 5.41) is 0. The van der Waals surface area contributed by atoms with Crippen molar-refractivity contribution in [2.24, 2.45) is 5.41 Å². The molecule has 1 rings (SSSR count). The van der Waals surface area contributed by atoms with Crippen LogP contribution in [0.2, 0.25) is 0 Å². The van der Waals surface area contributed by atoms with Gasteiger partial charge in [0.2, 0.25) is 0 Å². The molecule has 3 nitrogen and oxygen atoms in total. The minimum atomic E-state index is -2.81. The maximum absolute atomic E-state index is 12.3. The lowest BCUT2D eigenvalue weighted by Crippen LogP contribution is -2.11. The quantitative estimate of drug-likeness (QED) is 0.599. The molecule has 1 fully saturated rings. The fourth-order valence-electron chi connectivity index (χ4n) is 2.13. The summed E-state index contributed by atoms with van der Waals surface area (Å²) >= 11 is 0. The molecule has 0 radical (unpaired) electrons. The van der Waals surface area contributed by atoms with Crippen molar-refractivity contribution in [2.45, 2.75) is 46.5 Å². The van der Waals surface area contributed by atoms with E-state index in [2.05, 4.69) is 6.92 Å². The molecule has 0 saturated heterocycles. The van der Waals surface area contributed by atoms with Gasteiger partial charge >= 0.3 is 7.60 Å². The summed E-state index contributed by atoms with van der Waals surface area (Å²) in [6.07, 6.45) is 5.29. The molecule has 0 atom stereocenters. The minimum Gasteiger partial charge on any atom is -0.309 e. The monoisotopic (exact) mass is 234 g/mol. The molecule has 15 heavy (non-hydrogen) atoms. The van der Waals surface area contributed by atoms with Crippen LogP contribution in [0, 0.1) is 5.41 Å². The third kappa shape index (κ3) is 3.90. The fourth-order valence-corrected chi connectivity index (χ4v) is 4.47. The Morgan fingerprint density at radius 1 is 1.13 bits per heavy atom. The summed E-state index contributed by atoms with van der Waals surface area (Å²) in [6, 6.07) is 0. The van der Waals surface area contributed by atoms with Crippen LogP contribution in [0.5, 0.6) is 0 Å². The van der Waals surface area contributed by atoms with E-state index < -0.39 is 7.60 Å². The van der Waals surface area contributed by atoms with E-state index in [1.165, 1.54) is 12.8 Å². The van der Waals surface area contributed by atoms with Crippen LogP contribution in [0.1, 0.15) is 46.5 Å². The zero-order valence-electron chi connectivity index (χ0n) is 10.1. The van der Waals surface area contributed by atoms with E-state index in [1.807, 2.05) is 13.8 Å². The molecular formula is C11H23O3P. The van der Waals surface area contributed by atoms with Crippen molar-refractivity contribution < 1.29 is 13.6 Å². The highest BCUT2D eigenvalue weighted by molar-refractivity contribution is 7.53. The second-order valence-electron chi connectivity index (χ2n) is 4.35. The molecule has 0 aromatic heterocycles. The van der Waals surface area contributed by atoms with Crippen molar-refractivity contribution in [3.63, 3.8) is 0 Å². The number of rotatable bonds is 8. The zero-order chi connectivity index (χ0) is 11.4. The van der Waals surface area contributed by atoms with Gasteiger partial charge in [0.15, 0.2) is 0 Å². The van der Waals surface area contributed by atoms with Crippen LogP contribution >= 0.6 is 7.60 Å². The first-order chi connectivity index (χ1) is 7.10. The van der Waals surface area contributed by atoms with E-state index in [1.54, 1.807) is 0 Å².